The quantitative estimate of drug-likeness (QED) is 0.642. The second-order valence-electron chi connectivity index (χ2n) is 3.81. The van der Waals surface area contributed by atoms with E-state index in [2.05, 4.69) is 0 Å². The molecule has 0 radical (unpaired) electrons. The number of hydrogen-bond donors (Lipinski definition) is 1. The lowest BCUT2D eigenvalue weighted by Crippen LogP contribution is -2.35. The molecule has 0 bridgehead atoms. The monoisotopic (exact) mass is 196 g/mol. The first-order valence-corrected chi connectivity index (χ1v) is 4.84. The number of carbonyl (C=O) groups excluding carboxylic acids is 1. The predicted octanol–water partition coefficient (Wildman–Crippen LogP) is 1.32. The van der Waals surface area contributed by atoms with Gasteiger partial charge in [0.25, 0.3) is 0 Å². The molecule has 0 spiro atoms. The Bertz CT molecular complexity index is 305. The molecule has 2 rings (SSSR count). The van der Waals surface area contributed by atoms with Gasteiger partial charge in [0.15, 0.2) is 0 Å². The summed E-state index contributed by atoms with van der Waals surface area (Å²) < 4.78 is 4.74. The molecule has 0 amide bonds. The highest BCUT2D eigenvalue weighted by Gasteiger charge is 2.39. The average Bonchev–Trinajstić information content (AvgIpc) is 2.18. The van der Waals surface area contributed by atoms with Crippen LogP contribution in [0.5, 0.6) is 0 Å². The van der Waals surface area contributed by atoms with Crippen molar-refractivity contribution in [2.45, 2.75) is 25.7 Å². The molecule has 1 heterocycles. The number of carboxylic acids is 1. The molecule has 76 valence electrons. The van der Waals surface area contributed by atoms with Gasteiger partial charge in [0.05, 0.1) is 11.5 Å². The van der Waals surface area contributed by atoms with E-state index < -0.39 is 5.97 Å². The number of aliphatic carboxylic acids is 1. The van der Waals surface area contributed by atoms with E-state index in [1.54, 1.807) is 0 Å². The molecule has 1 saturated carbocycles. The minimum atomic E-state index is -0.964. The van der Waals surface area contributed by atoms with Gasteiger partial charge in [0.2, 0.25) is 0 Å². The molecule has 4 nitrogen and oxygen atoms in total. The third-order valence-electron chi connectivity index (χ3n) is 3.02. The fraction of sp³-hybridized carbons (Fsp3) is 0.600. The van der Waals surface area contributed by atoms with Crippen LogP contribution in [-0.2, 0) is 14.3 Å². The second-order valence-corrected chi connectivity index (χ2v) is 3.81. The van der Waals surface area contributed by atoms with Crippen molar-refractivity contribution in [3.05, 3.63) is 11.8 Å². The molecule has 1 N–H and O–H groups in total. The van der Waals surface area contributed by atoms with Crippen LogP contribution in [0, 0.1) is 11.8 Å². The molecule has 1 aliphatic heterocycles. The van der Waals surface area contributed by atoms with E-state index in [4.69, 9.17) is 9.84 Å². The maximum atomic E-state index is 11.3. The Kier molecular flexibility index (Phi) is 2.27. The largest absolute Gasteiger partial charge is 0.478 e. The SMILES string of the molecule is O=C(O)C1=COC(=O)C2CCCCC12. The number of cyclic esters (lactones) is 1. The van der Waals surface area contributed by atoms with Crippen molar-refractivity contribution in [3.63, 3.8) is 0 Å². The molecule has 14 heavy (non-hydrogen) atoms. The fourth-order valence-electron chi connectivity index (χ4n) is 2.29. The van der Waals surface area contributed by atoms with E-state index in [-0.39, 0.29) is 23.4 Å². The summed E-state index contributed by atoms with van der Waals surface area (Å²) in [7, 11) is 0. The van der Waals surface area contributed by atoms with Gasteiger partial charge in [-0.1, -0.05) is 12.8 Å². The topological polar surface area (TPSA) is 63.6 Å². The fourth-order valence-corrected chi connectivity index (χ4v) is 2.29. The second kappa shape index (κ2) is 3.44. The molecule has 1 aliphatic carbocycles. The predicted molar refractivity (Wildman–Crippen MR) is 47.3 cm³/mol. The summed E-state index contributed by atoms with van der Waals surface area (Å²) >= 11 is 0. The zero-order chi connectivity index (χ0) is 10.1. The van der Waals surface area contributed by atoms with Crippen molar-refractivity contribution >= 4 is 11.9 Å². The number of fused-ring (bicyclic) bond motifs is 1. The minimum Gasteiger partial charge on any atom is -0.478 e. The third kappa shape index (κ3) is 1.41. The first kappa shape index (κ1) is 9.24. The molecule has 0 saturated heterocycles. The van der Waals surface area contributed by atoms with Crippen LogP contribution in [0.15, 0.2) is 11.8 Å². The van der Waals surface area contributed by atoms with Gasteiger partial charge in [-0.15, -0.1) is 0 Å². The molecule has 1 fully saturated rings. The Morgan fingerprint density at radius 2 is 2.00 bits per heavy atom. The van der Waals surface area contributed by atoms with Crippen LogP contribution in [-0.4, -0.2) is 17.0 Å². The zero-order valence-corrected chi connectivity index (χ0v) is 7.73. The lowest BCUT2D eigenvalue weighted by atomic mass is 9.74. The molecule has 4 heteroatoms. The zero-order valence-electron chi connectivity index (χ0n) is 7.73. The summed E-state index contributed by atoms with van der Waals surface area (Å²) in [5.74, 6) is -1.57. The van der Waals surface area contributed by atoms with Gasteiger partial charge in [-0.2, -0.15) is 0 Å². The highest BCUT2D eigenvalue weighted by molar-refractivity contribution is 5.90. The van der Waals surface area contributed by atoms with Crippen molar-refractivity contribution in [2.24, 2.45) is 11.8 Å². The third-order valence-corrected chi connectivity index (χ3v) is 3.02. The van der Waals surface area contributed by atoms with E-state index in [1.807, 2.05) is 0 Å². The van der Waals surface area contributed by atoms with Gasteiger partial charge in [0.1, 0.15) is 6.26 Å². The van der Waals surface area contributed by atoms with Gasteiger partial charge in [0, 0.05) is 5.92 Å². The first-order chi connectivity index (χ1) is 6.70. The number of hydrogen-bond acceptors (Lipinski definition) is 3. The van der Waals surface area contributed by atoms with Crippen molar-refractivity contribution in [2.75, 3.05) is 0 Å². The summed E-state index contributed by atoms with van der Waals surface area (Å²) in [6.45, 7) is 0. The highest BCUT2D eigenvalue weighted by atomic mass is 16.5. The maximum Gasteiger partial charge on any atom is 0.335 e. The molecule has 0 aromatic carbocycles. The Balaban J connectivity index is 2.27. The smallest absolute Gasteiger partial charge is 0.335 e. The van der Waals surface area contributed by atoms with Crippen LogP contribution in [0.2, 0.25) is 0 Å². The van der Waals surface area contributed by atoms with Crippen LogP contribution in [0.25, 0.3) is 0 Å². The van der Waals surface area contributed by atoms with Crippen molar-refractivity contribution in [3.8, 4) is 0 Å². The number of ether oxygens (including phenoxy) is 1. The Labute approximate surface area is 81.6 Å². The van der Waals surface area contributed by atoms with Gasteiger partial charge >= 0.3 is 11.9 Å². The molecule has 2 atom stereocenters. The van der Waals surface area contributed by atoms with Crippen LogP contribution in [0.4, 0.5) is 0 Å². The van der Waals surface area contributed by atoms with E-state index in [9.17, 15) is 9.59 Å². The Morgan fingerprint density at radius 3 is 2.64 bits per heavy atom. The van der Waals surface area contributed by atoms with E-state index in [1.165, 1.54) is 0 Å². The molecule has 2 aliphatic rings. The highest BCUT2D eigenvalue weighted by Crippen LogP contribution is 2.38. The van der Waals surface area contributed by atoms with Crippen molar-refractivity contribution < 1.29 is 19.4 Å². The lowest BCUT2D eigenvalue weighted by molar-refractivity contribution is -0.148. The Morgan fingerprint density at radius 1 is 1.36 bits per heavy atom. The van der Waals surface area contributed by atoms with E-state index >= 15 is 0 Å². The van der Waals surface area contributed by atoms with Gasteiger partial charge < -0.3 is 9.84 Å². The lowest BCUT2D eigenvalue weighted by Gasteiger charge is -2.32. The number of esters is 1. The van der Waals surface area contributed by atoms with Gasteiger partial charge in [-0.25, -0.2) is 4.79 Å². The van der Waals surface area contributed by atoms with Crippen LogP contribution < -0.4 is 0 Å². The molecule has 0 aromatic heterocycles. The first-order valence-electron chi connectivity index (χ1n) is 4.84. The molecular weight excluding hydrogens is 184 g/mol. The van der Waals surface area contributed by atoms with Gasteiger partial charge in [-0.05, 0) is 12.8 Å². The summed E-state index contributed by atoms with van der Waals surface area (Å²) in [4.78, 5) is 22.2. The molecular formula is C10H12O4. The van der Waals surface area contributed by atoms with Gasteiger partial charge in [-0.3, -0.25) is 4.79 Å². The van der Waals surface area contributed by atoms with Crippen LogP contribution in [0.3, 0.4) is 0 Å². The molecule has 2 unspecified atom stereocenters. The van der Waals surface area contributed by atoms with E-state index in [0.29, 0.717) is 0 Å². The Hall–Kier alpha value is -1.32. The summed E-state index contributed by atoms with van der Waals surface area (Å²) in [5.41, 5.74) is 0.259. The summed E-state index contributed by atoms with van der Waals surface area (Å²) in [6, 6.07) is 0. The maximum absolute atomic E-state index is 11.3. The average molecular weight is 196 g/mol. The summed E-state index contributed by atoms with van der Waals surface area (Å²) in [5, 5.41) is 8.90. The standard InChI is InChI=1S/C10H12O4/c11-9(12)8-5-14-10(13)7-4-2-1-3-6(7)8/h5-7H,1-4H2,(H,11,12). The number of carboxylic acid groups (broad SMARTS) is 1. The number of rotatable bonds is 1. The van der Waals surface area contributed by atoms with E-state index in [0.717, 1.165) is 31.9 Å². The van der Waals surface area contributed by atoms with Crippen LogP contribution in [0.1, 0.15) is 25.7 Å². The molecule has 0 aromatic rings. The van der Waals surface area contributed by atoms with Crippen molar-refractivity contribution in [1.29, 1.82) is 0 Å². The number of carbonyl (C=O) groups is 2. The van der Waals surface area contributed by atoms with Crippen LogP contribution >= 0.6 is 0 Å². The normalized spacial score (nSPS) is 31.4. The summed E-state index contributed by atoms with van der Waals surface area (Å²) in [6.07, 6.45) is 4.64. The van der Waals surface area contributed by atoms with Crippen molar-refractivity contribution in [1.82, 2.24) is 0 Å². The minimum absolute atomic E-state index is 0.123.